The Morgan fingerprint density at radius 2 is 1.70 bits per heavy atom. The van der Waals surface area contributed by atoms with Crippen molar-refractivity contribution in [3.05, 3.63) is 64.1 Å². The molecule has 0 saturated carbocycles. The highest BCUT2D eigenvalue weighted by Crippen LogP contribution is 2.11. The third-order valence-corrected chi connectivity index (χ3v) is 3.95. The van der Waals surface area contributed by atoms with Crippen LogP contribution in [0.25, 0.3) is 0 Å². The maximum absolute atomic E-state index is 12.1. The van der Waals surface area contributed by atoms with Gasteiger partial charge in [-0.2, -0.15) is 5.10 Å². The summed E-state index contributed by atoms with van der Waals surface area (Å²) in [5.74, 6) is -0.179. The predicted molar refractivity (Wildman–Crippen MR) is 98.8 cm³/mol. The van der Waals surface area contributed by atoms with Crippen molar-refractivity contribution in [1.29, 1.82) is 0 Å². The van der Waals surface area contributed by atoms with E-state index in [-0.39, 0.29) is 11.9 Å². The van der Waals surface area contributed by atoms with Crippen LogP contribution in [-0.4, -0.2) is 17.7 Å². The zero-order chi connectivity index (χ0) is 16.8. The maximum atomic E-state index is 12.1. The number of carbonyl (C=O) groups is 1. The molecule has 4 nitrogen and oxygen atoms in total. The number of benzene rings is 2. The van der Waals surface area contributed by atoms with Crippen LogP contribution in [0.5, 0.6) is 0 Å². The van der Waals surface area contributed by atoms with Crippen molar-refractivity contribution in [2.24, 2.45) is 5.10 Å². The van der Waals surface area contributed by atoms with Crippen molar-refractivity contribution in [2.45, 2.75) is 26.8 Å². The zero-order valence-corrected chi connectivity index (χ0v) is 15.0. The van der Waals surface area contributed by atoms with Crippen LogP contribution in [0, 0.1) is 6.92 Å². The van der Waals surface area contributed by atoms with E-state index >= 15 is 0 Å². The van der Waals surface area contributed by atoms with Gasteiger partial charge in [-0.25, -0.2) is 5.43 Å². The minimum Gasteiger partial charge on any atom is -0.374 e. The minimum atomic E-state index is -0.376. The number of hydrazone groups is 1. The van der Waals surface area contributed by atoms with Crippen molar-refractivity contribution < 1.29 is 4.79 Å². The number of amides is 1. The first-order chi connectivity index (χ1) is 11.0. The summed E-state index contributed by atoms with van der Waals surface area (Å²) < 4.78 is 1.01. The topological polar surface area (TPSA) is 53.5 Å². The smallest absolute Gasteiger partial charge is 0.262 e. The largest absolute Gasteiger partial charge is 0.374 e. The van der Waals surface area contributed by atoms with Crippen molar-refractivity contribution >= 4 is 33.2 Å². The normalized spacial score (nSPS) is 12.6. The van der Waals surface area contributed by atoms with E-state index in [0.29, 0.717) is 0 Å². The Bertz CT molecular complexity index is 693. The highest BCUT2D eigenvalue weighted by molar-refractivity contribution is 9.10. The van der Waals surface area contributed by atoms with Crippen LogP contribution >= 0.6 is 15.9 Å². The number of hydrogen-bond acceptors (Lipinski definition) is 3. The van der Waals surface area contributed by atoms with Gasteiger partial charge in [0, 0.05) is 10.2 Å². The summed E-state index contributed by atoms with van der Waals surface area (Å²) in [7, 11) is 0. The fourth-order valence-corrected chi connectivity index (χ4v) is 2.22. The highest BCUT2D eigenvalue weighted by Gasteiger charge is 2.12. The van der Waals surface area contributed by atoms with Gasteiger partial charge in [0.2, 0.25) is 0 Å². The van der Waals surface area contributed by atoms with Gasteiger partial charge < -0.3 is 5.32 Å². The SMILES string of the molecule is CC(=NNC(=O)[C@H](C)Nc1ccc(C)cc1)c1ccc(Br)cc1. The Morgan fingerprint density at radius 1 is 1.09 bits per heavy atom. The second-order valence-corrected chi connectivity index (χ2v) is 6.33. The molecule has 0 radical (unpaired) electrons. The minimum absolute atomic E-state index is 0.179. The molecular weight excluding hydrogens is 354 g/mol. The predicted octanol–water partition coefficient (Wildman–Crippen LogP) is 4.10. The van der Waals surface area contributed by atoms with E-state index in [9.17, 15) is 4.79 Å². The van der Waals surface area contributed by atoms with Crippen molar-refractivity contribution in [1.82, 2.24) is 5.43 Å². The third-order valence-electron chi connectivity index (χ3n) is 3.42. The fraction of sp³-hybridized carbons (Fsp3) is 0.222. The molecule has 2 rings (SSSR count). The van der Waals surface area contributed by atoms with E-state index in [1.165, 1.54) is 5.56 Å². The summed E-state index contributed by atoms with van der Waals surface area (Å²) in [6.45, 7) is 5.70. The van der Waals surface area contributed by atoms with Gasteiger partial charge in [-0.15, -0.1) is 0 Å². The van der Waals surface area contributed by atoms with Gasteiger partial charge in [-0.1, -0.05) is 45.8 Å². The summed E-state index contributed by atoms with van der Waals surface area (Å²) in [5, 5.41) is 7.31. The fourth-order valence-electron chi connectivity index (χ4n) is 1.96. The van der Waals surface area contributed by atoms with Gasteiger partial charge in [0.1, 0.15) is 6.04 Å². The number of hydrogen-bond donors (Lipinski definition) is 2. The monoisotopic (exact) mass is 373 g/mol. The molecule has 0 aliphatic rings. The van der Waals surface area contributed by atoms with Gasteiger partial charge in [-0.05, 0) is 50.6 Å². The molecule has 2 N–H and O–H groups in total. The van der Waals surface area contributed by atoms with Crippen LogP contribution in [0.3, 0.4) is 0 Å². The van der Waals surface area contributed by atoms with Gasteiger partial charge >= 0.3 is 0 Å². The lowest BCUT2D eigenvalue weighted by molar-refractivity contribution is -0.121. The van der Waals surface area contributed by atoms with E-state index < -0.39 is 0 Å². The van der Waals surface area contributed by atoms with Crippen LogP contribution in [0.1, 0.15) is 25.0 Å². The number of nitrogens with one attached hydrogen (secondary N) is 2. The van der Waals surface area contributed by atoms with Crippen molar-refractivity contribution in [3.63, 3.8) is 0 Å². The van der Waals surface area contributed by atoms with Crippen LogP contribution in [0.2, 0.25) is 0 Å². The second kappa shape index (κ2) is 7.92. The van der Waals surface area contributed by atoms with E-state index in [1.54, 1.807) is 6.92 Å². The number of anilines is 1. The average Bonchev–Trinajstić information content (AvgIpc) is 2.55. The first-order valence-electron chi connectivity index (χ1n) is 7.39. The van der Waals surface area contributed by atoms with E-state index in [2.05, 4.69) is 31.8 Å². The number of nitrogens with zero attached hydrogens (tertiary/aromatic N) is 1. The van der Waals surface area contributed by atoms with Crippen LogP contribution in [0.4, 0.5) is 5.69 Å². The lowest BCUT2D eigenvalue weighted by Gasteiger charge is -2.14. The van der Waals surface area contributed by atoms with Gasteiger partial charge in [0.05, 0.1) is 5.71 Å². The number of halogens is 1. The Hall–Kier alpha value is -2.14. The van der Waals surface area contributed by atoms with Crippen LogP contribution < -0.4 is 10.7 Å². The van der Waals surface area contributed by atoms with E-state index in [4.69, 9.17) is 0 Å². The molecule has 1 amide bonds. The molecule has 0 aliphatic heterocycles. The molecule has 23 heavy (non-hydrogen) atoms. The molecule has 0 saturated heterocycles. The van der Waals surface area contributed by atoms with E-state index in [0.717, 1.165) is 21.4 Å². The van der Waals surface area contributed by atoms with Gasteiger partial charge in [0.25, 0.3) is 5.91 Å². The number of aryl methyl sites for hydroxylation is 1. The molecule has 0 aromatic heterocycles. The molecule has 120 valence electrons. The Kier molecular flexibility index (Phi) is 5.93. The lowest BCUT2D eigenvalue weighted by atomic mass is 10.1. The molecule has 0 spiro atoms. The Morgan fingerprint density at radius 3 is 2.30 bits per heavy atom. The summed E-state index contributed by atoms with van der Waals surface area (Å²) in [6, 6.07) is 15.3. The molecule has 1 atom stereocenters. The number of rotatable bonds is 5. The molecule has 0 heterocycles. The molecule has 0 fully saturated rings. The standard InChI is InChI=1S/C18H20BrN3O/c1-12-4-10-17(11-5-12)20-14(3)18(23)22-21-13(2)15-6-8-16(19)9-7-15/h4-11,14,20H,1-3H3,(H,22,23)/t14-/m0/s1. The van der Waals surface area contributed by atoms with Gasteiger partial charge in [-0.3, -0.25) is 4.79 Å². The molecule has 2 aromatic rings. The van der Waals surface area contributed by atoms with Crippen molar-refractivity contribution in [3.8, 4) is 0 Å². The molecular formula is C18H20BrN3O. The first kappa shape index (κ1) is 17.2. The Labute approximate surface area is 145 Å². The third kappa shape index (κ3) is 5.21. The summed E-state index contributed by atoms with van der Waals surface area (Å²) >= 11 is 3.39. The number of carbonyl (C=O) groups excluding carboxylic acids is 1. The quantitative estimate of drug-likeness (QED) is 0.612. The summed E-state index contributed by atoms with van der Waals surface area (Å²) in [4.78, 5) is 12.1. The molecule has 2 aromatic carbocycles. The van der Waals surface area contributed by atoms with Crippen molar-refractivity contribution in [2.75, 3.05) is 5.32 Å². The molecule has 5 heteroatoms. The zero-order valence-electron chi connectivity index (χ0n) is 13.4. The van der Waals surface area contributed by atoms with Crippen LogP contribution in [-0.2, 0) is 4.79 Å². The van der Waals surface area contributed by atoms with Gasteiger partial charge in [0.15, 0.2) is 0 Å². The average molecular weight is 374 g/mol. The lowest BCUT2D eigenvalue weighted by Crippen LogP contribution is -2.35. The highest BCUT2D eigenvalue weighted by atomic mass is 79.9. The molecule has 0 aliphatic carbocycles. The summed E-state index contributed by atoms with van der Waals surface area (Å²) in [5.41, 5.74) is 6.42. The van der Waals surface area contributed by atoms with E-state index in [1.807, 2.05) is 62.4 Å². The Balaban J connectivity index is 1.93. The summed E-state index contributed by atoms with van der Waals surface area (Å²) in [6.07, 6.45) is 0. The second-order valence-electron chi connectivity index (χ2n) is 5.41. The molecule has 0 bridgehead atoms. The molecule has 0 unspecified atom stereocenters. The first-order valence-corrected chi connectivity index (χ1v) is 8.18. The van der Waals surface area contributed by atoms with Crippen LogP contribution in [0.15, 0.2) is 58.1 Å². The maximum Gasteiger partial charge on any atom is 0.262 e.